The highest BCUT2D eigenvalue weighted by Crippen LogP contribution is 2.30. The molecule has 2 rings (SSSR count). The number of rotatable bonds is 7. The molecular weight excluding hydrogens is 245 g/mol. The normalized spacial score (nSPS) is 16.6. The summed E-state index contributed by atoms with van der Waals surface area (Å²) in [6.07, 6.45) is 3.17. The van der Waals surface area contributed by atoms with Crippen LogP contribution in [0.5, 0.6) is 0 Å². The van der Waals surface area contributed by atoms with E-state index in [9.17, 15) is 9.18 Å². The standard InChI is InChI=1S/C15H20FNO2/c1-11(8-12-4-6-14(16)7-5-12)17(10-15(18)19)9-13-2-3-13/h4-7,11,13H,2-3,8-10H2,1H3,(H,18,19). The van der Waals surface area contributed by atoms with E-state index < -0.39 is 5.97 Å². The molecule has 0 aliphatic heterocycles. The molecule has 0 radical (unpaired) electrons. The van der Waals surface area contributed by atoms with Crippen LogP contribution in [-0.2, 0) is 11.2 Å². The molecule has 1 unspecified atom stereocenters. The minimum Gasteiger partial charge on any atom is -0.480 e. The average Bonchev–Trinajstić information content (AvgIpc) is 3.14. The number of carboxylic acid groups (broad SMARTS) is 1. The van der Waals surface area contributed by atoms with Crippen molar-refractivity contribution in [2.24, 2.45) is 5.92 Å². The molecule has 3 nitrogen and oxygen atoms in total. The van der Waals surface area contributed by atoms with Crippen LogP contribution in [0.1, 0.15) is 25.3 Å². The van der Waals surface area contributed by atoms with Crippen LogP contribution in [-0.4, -0.2) is 35.1 Å². The molecule has 4 heteroatoms. The fourth-order valence-corrected chi connectivity index (χ4v) is 2.30. The highest BCUT2D eigenvalue weighted by molar-refractivity contribution is 5.69. The number of hydrogen-bond donors (Lipinski definition) is 1. The van der Waals surface area contributed by atoms with E-state index in [1.54, 1.807) is 12.1 Å². The van der Waals surface area contributed by atoms with Gasteiger partial charge < -0.3 is 5.11 Å². The van der Waals surface area contributed by atoms with E-state index in [1.165, 1.54) is 25.0 Å². The van der Waals surface area contributed by atoms with E-state index in [2.05, 4.69) is 0 Å². The SMILES string of the molecule is CC(Cc1ccc(F)cc1)N(CC(=O)O)CC1CC1. The zero-order valence-electron chi connectivity index (χ0n) is 11.2. The molecule has 0 bridgehead atoms. The van der Waals surface area contributed by atoms with Gasteiger partial charge in [0.25, 0.3) is 0 Å². The summed E-state index contributed by atoms with van der Waals surface area (Å²) in [6, 6.07) is 6.58. The summed E-state index contributed by atoms with van der Waals surface area (Å²) in [5.41, 5.74) is 1.04. The summed E-state index contributed by atoms with van der Waals surface area (Å²) in [7, 11) is 0. The number of benzene rings is 1. The molecule has 1 aliphatic rings. The van der Waals surface area contributed by atoms with Crippen LogP contribution >= 0.6 is 0 Å². The van der Waals surface area contributed by atoms with Gasteiger partial charge in [0.05, 0.1) is 6.54 Å². The maximum Gasteiger partial charge on any atom is 0.317 e. The van der Waals surface area contributed by atoms with Crippen LogP contribution in [0, 0.1) is 11.7 Å². The van der Waals surface area contributed by atoms with Crippen molar-refractivity contribution in [3.05, 3.63) is 35.6 Å². The second-order valence-corrected chi connectivity index (χ2v) is 5.45. The van der Waals surface area contributed by atoms with Gasteiger partial charge in [0, 0.05) is 12.6 Å². The van der Waals surface area contributed by atoms with Crippen LogP contribution < -0.4 is 0 Å². The molecule has 1 atom stereocenters. The van der Waals surface area contributed by atoms with Crippen molar-refractivity contribution in [1.82, 2.24) is 4.90 Å². The molecule has 0 saturated heterocycles. The Morgan fingerprint density at radius 3 is 2.58 bits per heavy atom. The van der Waals surface area contributed by atoms with Crippen molar-refractivity contribution in [3.8, 4) is 0 Å². The van der Waals surface area contributed by atoms with Gasteiger partial charge in [-0.05, 0) is 49.8 Å². The Balaban J connectivity index is 1.94. The van der Waals surface area contributed by atoms with Gasteiger partial charge in [0.1, 0.15) is 5.82 Å². The van der Waals surface area contributed by atoms with Crippen molar-refractivity contribution < 1.29 is 14.3 Å². The smallest absolute Gasteiger partial charge is 0.317 e. The van der Waals surface area contributed by atoms with Gasteiger partial charge in [-0.3, -0.25) is 9.69 Å². The monoisotopic (exact) mass is 265 g/mol. The fraction of sp³-hybridized carbons (Fsp3) is 0.533. The first-order valence-electron chi connectivity index (χ1n) is 6.75. The second kappa shape index (κ2) is 6.15. The van der Waals surface area contributed by atoms with Gasteiger partial charge in [-0.15, -0.1) is 0 Å². The maximum atomic E-state index is 12.8. The van der Waals surface area contributed by atoms with Crippen LogP contribution in [0.2, 0.25) is 0 Å². The third kappa shape index (κ3) is 4.63. The molecule has 1 aliphatic carbocycles. The number of nitrogens with zero attached hydrogens (tertiary/aromatic N) is 1. The van der Waals surface area contributed by atoms with E-state index in [0.29, 0.717) is 5.92 Å². The minimum atomic E-state index is -0.786. The largest absolute Gasteiger partial charge is 0.480 e. The number of aliphatic carboxylic acids is 1. The van der Waals surface area contributed by atoms with Crippen LogP contribution in [0.15, 0.2) is 24.3 Å². The molecule has 1 saturated carbocycles. The third-order valence-electron chi connectivity index (χ3n) is 3.60. The lowest BCUT2D eigenvalue weighted by atomic mass is 10.1. The number of hydrogen-bond acceptors (Lipinski definition) is 2. The van der Waals surface area contributed by atoms with Crippen molar-refractivity contribution in [3.63, 3.8) is 0 Å². The lowest BCUT2D eigenvalue weighted by Gasteiger charge is -2.27. The zero-order chi connectivity index (χ0) is 13.8. The molecule has 104 valence electrons. The molecule has 19 heavy (non-hydrogen) atoms. The molecular formula is C15H20FNO2. The summed E-state index contributed by atoms with van der Waals surface area (Å²) in [5, 5.41) is 8.98. The van der Waals surface area contributed by atoms with Crippen molar-refractivity contribution in [1.29, 1.82) is 0 Å². The summed E-state index contributed by atoms with van der Waals surface area (Å²) >= 11 is 0. The van der Waals surface area contributed by atoms with Crippen LogP contribution in [0.3, 0.4) is 0 Å². The Morgan fingerprint density at radius 2 is 2.05 bits per heavy atom. The predicted molar refractivity (Wildman–Crippen MR) is 71.5 cm³/mol. The molecule has 1 fully saturated rings. The Kier molecular flexibility index (Phi) is 4.53. The molecule has 0 amide bonds. The lowest BCUT2D eigenvalue weighted by molar-refractivity contribution is -0.138. The maximum absolute atomic E-state index is 12.8. The van der Waals surface area contributed by atoms with E-state index in [-0.39, 0.29) is 18.4 Å². The molecule has 1 N–H and O–H groups in total. The molecule has 0 heterocycles. The van der Waals surface area contributed by atoms with E-state index in [4.69, 9.17) is 5.11 Å². The average molecular weight is 265 g/mol. The minimum absolute atomic E-state index is 0.0822. The Morgan fingerprint density at radius 1 is 1.42 bits per heavy atom. The number of halogens is 1. The topological polar surface area (TPSA) is 40.5 Å². The second-order valence-electron chi connectivity index (χ2n) is 5.45. The first-order valence-corrected chi connectivity index (χ1v) is 6.75. The molecule has 1 aromatic rings. The first-order chi connectivity index (χ1) is 9.04. The summed E-state index contributed by atoms with van der Waals surface area (Å²) in [4.78, 5) is 12.9. The van der Waals surface area contributed by atoms with E-state index in [0.717, 1.165) is 18.5 Å². The van der Waals surface area contributed by atoms with Crippen LogP contribution in [0.4, 0.5) is 4.39 Å². The van der Waals surface area contributed by atoms with Gasteiger partial charge >= 0.3 is 5.97 Å². The van der Waals surface area contributed by atoms with Crippen molar-refractivity contribution in [2.75, 3.05) is 13.1 Å². The van der Waals surface area contributed by atoms with Gasteiger partial charge in [-0.1, -0.05) is 12.1 Å². The summed E-state index contributed by atoms with van der Waals surface area (Å²) in [5.74, 6) is -0.363. The fourth-order valence-electron chi connectivity index (χ4n) is 2.30. The highest BCUT2D eigenvalue weighted by Gasteiger charge is 2.27. The van der Waals surface area contributed by atoms with Gasteiger partial charge in [0.15, 0.2) is 0 Å². The highest BCUT2D eigenvalue weighted by atomic mass is 19.1. The first kappa shape index (κ1) is 14.0. The van der Waals surface area contributed by atoms with E-state index >= 15 is 0 Å². The number of carboxylic acids is 1. The van der Waals surface area contributed by atoms with Crippen molar-refractivity contribution in [2.45, 2.75) is 32.2 Å². The lowest BCUT2D eigenvalue weighted by Crippen LogP contribution is -2.40. The number of carbonyl (C=O) groups is 1. The Hall–Kier alpha value is -1.42. The predicted octanol–water partition coefficient (Wildman–Crippen LogP) is 2.55. The van der Waals surface area contributed by atoms with Crippen molar-refractivity contribution >= 4 is 5.97 Å². The Bertz CT molecular complexity index is 428. The zero-order valence-corrected chi connectivity index (χ0v) is 11.2. The summed E-state index contributed by atoms with van der Waals surface area (Å²) < 4.78 is 12.8. The van der Waals surface area contributed by atoms with E-state index in [1.807, 2.05) is 11.8 Å². The molecule has 0 aromatic heterocycles. The quantitative estimate of drug-likeness (QED) is 0.823. The Labute approximate surface area is 113 Å². The van der Waals surface area contributed by atoms with Crippen LogP contribution in [0.25, 0.3) is 0 Å². The molecule has 1 aromatic carbocycles. The van der Waals surface area contributed by atoms with Gasteiger partial charge in [-0.25, -0.2) is 4.39 Å². The molecule has 0 spiro atoms. The third-order valence-corrected chi connectivity index (χ3v) is 3.60. The summed E-state index contributed by atoms with van der Waals surface area (Å²) in [6.45, 7) is 2.97. The van der Waals surface area contributed by atoms with Gasteiger partial charge in [-0.2, -0.15) is 0 Å². The van der Waals surface area contributed by atoms with Gasteiger partial charge in [0.2, 0.25) is 0 Å².